The molecule has 2 aromatic carbocycles. The minimum atomic E-state index is 0.753. The van der Waals surface area contributed by atoms with Crippen LogP contribution in [0.25, 0.3) is 0 Å². The fraction of sp³-hybridized carbons (Fsp3) is 0.143. The van der Waals surface area contributed by atoms with Crippen molar-refractivity contribution in [3.63, 3.8) is 0 Å². The topological polar surface area (TPSA) is 38.0 Å². The first-order valence-corrected chi connectivity index (χ1v) is 5.84. The maximum absolute atomic E-state index is 6.24. The van der Waals surface area contributed by atoms with Gasteiger partial charge in [0.1, 0.15) is 0 Å². The Hall–Kier alpha value is -1.67. The third kappa shape index (κ3) is 2.53. The van der Waals surface area contributed by atoms with Crippen molar-refractivity contribution in [1.82, 2.24) is 0 Å². The number of nitrogens with one attached hydrogen (secondary N) is 1. The lowest BCUT2D eigenvalue weighted by atomic mass is 10.1. The predicted octanol–water partition coefficient (Wildman–Crippen LogP) is 4.28. The highest BCUT2D eigenvalue weighted by molar-refractivity contribution is 6.34. The Morgan fingerprint density at radius 1 is 1.00 bits per heavy atom. The van der Waals surface area contributed by atoms with Gasteiger partial charge in [0, 0.05) is 11.4 Å². The molecule has 3 heteroatoms. The molecule has 0 aliphatic carbocycles. The van der Waals surface area contributed by atoms with E-state index in [1.807, 2.05) is 50.2 Å². The monoisotopic (exact) mass is 246 g/mol. The van der Waals surface area contributed by atoms with Crippen molar-refractivity contribution in [3.8, 4) is 0 Å². The van der Waals surface area contributed by atoms with E-state index in [1.165, 1.54) is 0 Å². The minimum Gasteiger partial charge on any atom is -0.399 e. The summed E-state index contributed by atoms with van der Waals surface area (Å²) in [5.41, 5.74) is 10.6. The maximum atomic E-state index is 6.24. The van der Waals surface area contributed by atoms with Crippen LogP contribution in [-0.4, -0.2) is 0 Å². The van der Waals surface area contributed by atoms with Crippen molar-refractivity contribution in [2.45, 2.75) is 13.8 Å². The molecule has 0 bridgehead atoms. The Morgan fingerprint density at radius 2 is 1.76 bits per heavy atom. The quantitative estimate of drug-likeness (QED) is 0.776. The summed E-state index contributed by atoms with van der Waals surface area (Å²) >= 11 is 6.24. The van der Waals surface area contributed by atoms with E-state index >= 15 is 0 Å². The van der Waals surface area contributed by atoms with Gasteiger partial charge in [-0.05, 0) is 49.2 Å². The number of nitrogens with two attached hydrogens (primary N) is 1. The molecule has 2 nitrogen and oxygen atoms in total. The molecule has 0 spiro atoms. The van der Waals surface area contributed by atoms with Gasteiger partial charge in [-0.2, -0.15) is 0 Å². The summed E-state index contributed by atoms with van der Waals surface area (Å²) in [6.45, 7) is 4.01. The Balaban J connectivity index is 2.35. The van der Waals surface area contributed by atoms with E-state index in [2.05, 4.69) is 5.32 Å². The van der Waals surface area contributed by atoms with E-state index in [0.717, 1.165) is 33.2 Å². The number of rotatable bonds is 2. The molecule has 0 aliphatic heterocycles. The van der Waals surface area contributed by atoms with Gasteiger partial charge in [0.05, 0.1) is 10.7 Å². The highest BCUT2D eigenvalue weighted by Crippen LogP contribution is 2.29. The molecule has 3 N–H and O–H groups in total. The molecule has 0 heterocycles. The molecule has 0 aromatic heterocycles. The van der Waals surface area contributed by atoms with Crippen LogP contribution in [0.5, 0.6) is 0 Å². The third-order valence-corrected chi connectivity index (χ3v) is 3.21. The number of benzene rings is 2. The number of nitrogen functional groups attached to an aromatic ring is 1. The highest BCUT2D eigenvalue weighted by Gasteiger charge is 2.04. The van der Waals surface area contributed by atoms with Crippen LogP contribution in [0.2, 0.25) is 5.02 Å². The lowest BCUT2D eigenvalue weighted by Gasteiger charge is -2.12. The summed E-state index contributed by atoms with van der Waals surface area (Å²) < 4.78 is 0. The SMILES string of the molecule is Cc1cc(N)ccc1Nc1cccc(C)c1Cl. The maximum Gasteiger partial charge on any atom is 0.0670 e. The summed E-state index contributed by atoms with van der Waals surface area (Å²) in [7, 11) is 0. The summed E-state index contributed by atoms with van der Waals surface area (Å²) in [6, 6.07) is 11.7. The summed E-state index contributed by atoms with van der Waals surface area (Å²) in [4.78, 5) is 0. The van der Waals surface area contributed by atoms with Gasteiger partial charge in [-0.25, -0.2) is 0 Å². The molecule has 0 atom stereocenters. The zero-order chi connectivity index (χ0) is 12.4. The molecule has 2 rings (SSSR count). The van der Waals surface area contributed by atoms with Crippen molar-refractivity contribution in [2.24, 2.45) is 0 Å². The van der Waals surface area contributed by atoms with Crippen LogP contribution in [-0.2, 0) is 0 Å². The van der Waals surface area contributed by atoms with Crippen molar-refractivity contribution >= 4 is 28.7 Å². The molecule has 2 aromatic rings. The van der Waals surface area contributed by atoms with Gasteiger partial charge in [-0.15, -0.1) is 0 Å². The second-order valence-corrected chi connectivity index (χ2v) is 4.51. The summed E-state index contributed by atoms with van der Waals surface area (Å²) in [6.07, 6.45) is 0. The third-order valence-electron chi connectivity index (χ3n) is 2.71. The van der Waals surface area contributed by atoms with Crippen molar-refractivity contribution in [1.29, 1.82) is 0 Å². The van der Waals surface area contributed by atoms with Crippen LogP contribution in [0.15, 0.2) is 36.4 Å². The number of hydrogen-bond acceptors (Lipinski definition) is 2. The molecule has 0 radical (unpaired) electrons. The first-order valence-electron chi connectivity index (χ1n) is 5.46. The number of anilines is 3. The Kier molecular flexibility index (Phi) is 3.25. The van der Waals surface area contributed by atoms with Crippen LogP contribution >= 0.6 is 11.6 Å². The van der Waals surface area contributed by atoms with Gasteiger partial charge in [-0.3, -0.25) is 0 Å². The number of aryl methyl sites for hydroxylation is 2. The van der Waals surface area contributed by atoms with Gasteiger partial charge in [0.2, 0.25) is 0 Å². The second kappa shape index (κ2) is 4.68. The summed E-state index contributed by atoms with van der Waals surface area (Å²) in [5, 5.41) is 4.07. The average Bonchev–Trinajstić information content (AvgIpc) is 2.28. The summed E-state index contributed by atoms with van der Waals surface area (Å²) in [5.74, 6) is 0. The van der Waals surface area contributed by atoms with E-state index < -0.39 is 0 Å². The number of hydrogen-bond donors (Lipinski definition) is 2. The highest BCUT2D eigenvalue weighted by atomic mass is 35.5. The van der Waals surface area contributed by atoms with E-state index in [1.54, 1.807) is 0 Å². The van der Waals surface area contributed by atoms with Gasteiger partial charge in [-0.1, -0.05) is 23.7 Å². The first-order chi connectivity index (χ1) is 8.08. The molecular weight excluding hydrogens is 232 g/mol. The van der Waals surface area contributed by atoms with E-state index in [-0.39, 0.29) is 0 Å². The molecule has 17 heavy (non-hydrogen) atoms. The van der Waals surface area contributed by atoms with E-state index in [0.29, 0.717) is 0 Å². The molecule has 88 valence electrons. The number of halogens is 1. The lowest BCUT2D eigenvalue weighted by Crippen LogP contribution is -1.96. The molecule has 0 saturated carbocycles. The van der Waals surface area contributed by atoms with Crippen LogP contribution < -0.4 is 11.1 Å². The molecule has 0 saturated heterocycles. The lowest BCUT2D eigenvalue weighted by molar-refractivity contribution is 1.41. The van der Waals surface area contributed by atoms with Gasteiger partial charge in [0.15, 0.2) is 0 Å². The first kappa shape index (κ1) is 11.8. The van der Waals surface area contributed by atoms with E-state index in [4.69, 9.17) is 17.3 Å². The molecule has 0 amide bonds. The fourth-order valence-electron chi connectivity index (χ4n) is 1.72. The molecule has 0 fully saturated rings. The normalized spacial score (nSPS) is 10.3. The Bertz CT molecular complexity index is 550. The smallest absolute Gasteiger partial charge is 0.0670 e. The van der Waals surface area contributed by atoms with Crippen LogP contribution in [0.4, 0.5) is 17.1 Å². The fourth-order valence-corrected chi connectivity index (χ4v) is 1.89. The largest absolute Gasteiger partial charge is 0.399 e. The molecular formula is C14H15ClN2. The van der Waals surface area contributed by atoms with Crippen molar-refractivity contribution < 1.29 is 0 Å². The van der Waals surface area contributed by atoms with Gasteiger partial charge in [0.25, 0.3) is 0 Å². The second-order valence-electron chi connectivity index (χ2n) is 4.14. The van der Waals surface area contributed by atoms with Crippen molar-refractivity contribution in [2.75, 3.05) is 11.1 Å². The van der Waals surface area contributed by atoms with Crippen LogP contribution in [0.1, 0.15) is 11.1 Å². The zero-order valence-corrected chi connectivity index (χ0v) is 10.7. The average molecular weight is 247 g/mol. The predicted molar refractivity (Wildman–Crippen MR) is 75.1 cm³/mol. The Labute approximate surface area is 106 Å². The van der Waals surface area contributed by atoms with Gasteiger partial charge >= 0.3 is 0 Å². The molecule has 0 unspecified atom stereocenters. The van der Waals surface area contributed by atoms with Crippen molar-refractivity contribution in [3.05, 3.63) is 52.5 Å². The van der Waals surface area contributed by atoms with E-state index in [9.17, 15) is 0 Å². The van der Waals surface area contributed by atoms with Gasteiger partial charge < -0.3 is 11.1 Å². The standard InChI is InChI=1S/C14H15ClN2/c1-9-4-3-5-13(14(9)15)17-12-7-6-11(16)8-10(12)2/h3-8,17H,16H2,1-2H3. The molecule has 0 aliphatic rings. The zero-order valence-electron chi connectivity index (χ0n) is 9.92. The Morgan fingerprint density at radius 3 is 2.47 bits per heavy atom. The van der Waals surface area contributed by atoms with Crippen LogP contribution in [0, 0.1) is 13.8 Å². The van der Waals surface area contributed by atoms with Crippen LogP contribution in [0.3, 0.4) is 0 Å². The minimum absolute atomic E-state index is 0.753.